The lowest BCUT2D eigenvalue weighted by molar-refractivity contribution is 0.0571. The third-order valence-corrected chi connectivity index (χ3v) is 7.48. The van der Waals surface area contributed by atoms with Gasteiger partial charge in [0.1, 0.15) is 5.75 Å². The van der Waals surface area contributed by atoms with Crippen molar-refractivity contribution in [3.63, 3.8) is 0 Å². The van der Waals surface area contributed by atoms with Crippen molar-refractivity contribution in [2.45, 2.75) is 24.9 Å². The van der Waals surface area contributed by atoms with E-state index in [-0.39, 0.29) is 5.54 Å². The van der Waals surface area contributed by atoms with Crippen LogP contribution in [0, 0.1) is 0 Å². The molecule has 6 heteroatoms. The molecule has 0 atom stereocenters. The van der Waals surface area contributed by atoms with Gasteiger partial charge in [0.05, 0.1) is 12.6 Å². The van der Waals surface area contributed by atoms with E-state index in [1.165, 1.54) is 28.7 Å². The minimum atomic E-state index is 0.210. The highest BCUT2D eigenvalue weighted by Gasteiger charge is 2.38. The van der Waals surface area contributed by atoms with Crippen LogP contribution in [0.5, 0.6) is 5.75 Å². The fourth-order valence-electron chi connectivity index (χ4n) is 4.49. The summed E-state index contributed by atoms with van der Waals surface area (Å²) in [7, 11) is 6.17. The highest BCUT2D eigenvalue weighted by atomic mass is 32.1. The quantitative estimate of drug-likeness (QED) is 0.551. The molecule has 2 N–H and O–H groups in total. The molecule has 156 valence electrons. The van der Waals surface area contributed by atoms with Crippen molar-refractivity contribution in [2.75, 3.05) is 47.4 Å². The average Bonchev–Trinajstić information content (AvgIpc) is 3.41. The Labute approximate surface area is 177 Å². The number of hydrogen-bond donors (Lipinski definition) is 2. The minimum absolute atomic E-state index is 0.210. The fourth-order valence-corrected chi connectivity index (χ4v) is 5.56. The molecule has 1 aliphatic rings. The zero-order valence-electron chi connectivity index (χ0n) is 17.7. The molecule has 1 fully saturated rings. The number of likely N-dealkylation sites (tertiary alicyclic amines) is 1. The minimum Gasteiger partial charge on any atom is -0.497 e. The molecule has 0 unspecified atom stereocenters. The summed E-state index contributed by atoms with van der Waals surface area (Å²) in [6.45, 7) is 5.28. The number of benzene rings is 1. The monoisotopic (exact) mass is 412 g/mol. The predicted octanol–water partition coefficient (Wildman–Crippen LogP) is 3.88. The largest absolute Gasteiger partial charge is 0.497 e. The Morgan fingerprint density at radius 3 is 2.76 bits per heavy atom. The van der Waals surface area contributed by atoms with Gasteiger partial charge in [-0.2, -0.15) is 0 Å². The van der Waals surface area contributed by atoms with E-state index in [9.17, 15) is 0 Å². The third kappa shape index (κ3) is 4.21. The van der Waals surface area contributed by atoms with Gasteiger partial charge >= 0.3 is 0 Å². The lowest BCUT2D eigenvalue weighted by atomic mass is 9.84. The van der Waals surface area contributed by atoms with Crippen LogP contribution in [-0.2, 0) is 12.1 Å². The maximum atomic E-state index is 5.37. The van der Waals surface area contributed by atoms with E-state index >= 15 is 0 Å². The Bertz CT molecular complexity index is 910. The number of thiophene rings is 1. The Morgan fingerprint density at radius 1 is 1.24 bits per heavy atom. The Kier molecular flexibility index (Phi) is 6.25. The molecule has 0 saturated carbocycles. The number of methoxy groups -OCH3 is 1. The van der Waals surface area contributed by atoms with Gasteiger partial charge in [0, 0.05) is 54.7 Å². The summed E-state index contributed by atoms with van der Waals surface area (Å²) in [4.78, 5) is 9.89. The number of ether oxygens (including phenoxy) is 1. The van der Waals surface area contributed by atoms with E-state index in [0.29, 0.717) is 0 Å². The zero-order valence-corrected chi connectivity index (χ0v) is 18.5. The van der Waals surface area contributed by atoms with Crippen LogP contribution in [0.2, 0.25) is 0 Å². The molecule has 1 aromatic carbocycles. The number of rotatable bonds is 8. The van der Waals surface area contributed by atoms with Gasteiger partial charge in [-0.15, -0.1) is 11.3 Å². The molecular weight excluding hydrogens is 380 g/mol. The molecule has 3 heterocycles. The standard InChI is InChI=1S/C23H32N4OS/c1-26(2)23(22-5-4-14-29-22)8-11-27(12-9-23)13-10-24-16-18-17-25-21-7-6-19(28-3)15-20(18)21/h4-7,14-15,17,24-25H,8-13,16H2,1-3H3. The summed E-state index contributed by atoms with van der Waals surface area (Å²) in [6.07, 6.45) is 4.50. The highest BCUT2D eigenvalue weighted by molar-refractivity contribution is 7.10. The normalized spacial score (nSPS) is 17.2. The van der Waals surface area contributed by atoms with Crippen LogP contribution in [0.3, 0.4) is 0 Å². The zero-order chi connectivity index (χ0) is 20.3. The second-order valence-corrected chi connectivity index (χ2v) is 9.09. The molecule has 0 radical (unpaired) electrons. The molecule has 0 amide bonds. The van der Waals surface area contributed by atoms with Gasteiger partial charge in [0.2, 0.25) is 0 Å². The average molecular weight is 413 g/mol. The number of fused-ring (bicyclic) bond motifs is 1. The number of aromatic amines is 1. The van der Waals surface area contributed by atoms with Gasteiger partial charge in [-0.1, -0.05) is 6.07 Å². The number of H-pyrrole nitrogens is 1. The fraction of sp³-hybridized carbons (Fsp3) is 0.478. The molecule has 0 spiro atoms. The summed E-state index contributed by atoms with van der Waals surface area (Å²) < 4.78 is 5.37. The molecule has 0 aliphatic carbocycles. The summed E-state index contributed by atoms with van der Waals surface area (Å²) in [6, 6.07) is 10.7. The SMILES string of the molecule is COc1ccc2[nH]cc(CNCCN3CCC(c4cccs4)(N(C)C)CC3)c2c1. The number of nitrogens with zero attached hydrogens (tertiary/aromatic N) is 2. The first-order chi connectivity index (χ1) is 14.1. The Morgan fingerprint density at radius 2 is 2.07 bits per heavy atom. The van der Waals surface area contributed by atoms with Gasteiger partial charge in [-0.05, 0) is 62.1 Å². The molecule has 2 aromatic heterocycles. The molecule has 29 heavy (non-hydrogen) atoms. The molecule has 0 bridgehead atoms. The first-order valence-electron chi connectivity index (χ1n) is 10.4. The smallest absolute Gasteiger partial charge is 0.119 e. The van der Waals surface area contributed by atoms with Crippen LogP contribution >= 0.6 is 11.3 Å². The maximum Gasteiger partial charge on any atom is 0.119 e. The van der Waals surface area contributed by atoms with Crippen LogP contribution in [0.4, 0.5) is 0 Å². The van der Waals surface area contributed by atoms with Crippen LogP contribution < -0.4 is 10.1 Å². The Hall–Kier alpha value is -1.86. The first-order valence-corrected chi connectivity index (χ1v) is 11.3. The van der Waals surface area contributed by atoms with Crippen molar-refractivity contribution in [3.8, 4) is 5.75 Å². The number of piperidine rings is 1. The van der Waals surface area contributed by atoms with Gasteiger partial charge in [-0.25, -0.2) is 0 Å². The van der Waals surface area contributed by atoms with Gasteiger partial charge in [0.25, 0.3) is 0 Å². The second kappa shape index (κ2) is 8.88. The van der Waals surface area contributed by atoms with Crippen LogP contribution in [0.15, 0.2) is 41.9 Å². The third-order valence-electron chi connectivity index (χ3n) is 6.41. The second-order valence-electron chi connectivity index (χ2n) is 8.15. The molecule has 5 nitrogen and oxygen atoms in total. The van der Waals surface area contributed by atoms with Gasteiger partial charge < -0.3 is 19.9 Å². The van der Waals surface area contributed by atoms with Crippen molar-refractivity contribution >= 4 is 22.2 Å². The van der Waals surface area contributed by atoms with Gasteiger partial charge in [0.15, 0.2) is 0 Å². The van der Waals surface area contributed by atoms with E-state index in [0.717, 1.165) is 44.0 Å². The van der Waals surface area contributed by atoms with E-state index in [2.05, 4.69) is 70.0 Å². The summed E-state index contributed by atoms with van der Waals surface area (Å²) in [5.41, 5.74) is 2.66. The number of hydrogen-bond acceptors (Lipinski definition) is 5. The van der Waals surface area contributed by atoms with Crippen molar-refractivity contribution in [3.05, 3.63) is 52.3 Å². The molecule has 1 aliphatic heterocycles. The Balaban J connectivity index is 1.27. The van der Waals surface area contributed by atoms with Crippen molar-refractivity contribution < 1.29 is 4.74 Å². The van der Waals surface area contributed by atoms with Crippen molar-refractivity contribution in [2.24, 2.45) is 0 Å². The van der Waals surface area contributed by atoms with E-state index in [1.807, 2.05) is 17.4 Å². The first kappa shape index (κ1) is 20.4. The number of aromatic nitrogens is 1. The highest BCUT2D eigenvalue weighted by Crippen LogP contribution is 2.39. The summed E-state index contributed by atoms with van der Waals surface area (Å²) >= 11 is 1.90. The molecule has 1 saturated heterocycles. The molecule has 3 aromatic rings. The molecular formula is C23H32N4OS. The van der Waals surface area contributed by atoms with Gasteiger partial charge in [-0.3, -0.25) is 4.90 Å². The lowest BCUT2D eigenvalue weighted by Crippen LogP contribution is -2.50. The van der Waals surface area contributed by atoms with Crippen molar-refractivity contribution in [1.82, 2.24) is 20.1 Å². The number of nitrogens with one attached hydrogen (secondary N) is 2. The van der Waals surface area contributed by atoms with Crippen LogP contribution in [-0.4, -0.2) is 62.2 Å². The van der Waals surface area contributed by atoms with Crippen LogP contribution in [0.1, 0.15) is 23.3 Å². The van der Waals surface area contributed by atoms with E-state index < -0.39 is 0 Å². The maximum absolute atomic E-state index is 5.37. The van der Waals surface area contributed by atoms with Crippen molar-refractivity contribution in [1.29, 1.82) is 0 Å². The summed E-state index contributed by atoms with van der Waals surface area (Å²) in [5, 5.41) is 7.07. The van der Waals surface area contributed by atoms with E-state index in [1.54, 1.807) is 7.11 Å². The lowest BCUT2D eigenvalue weighted by Gasteiger charge is -2.45. The molecule has 4 rings (SSSR count). The van der Waals surface area contributed by atoms with Crippen LogP contribution in [0.25, 0.3) is 10.9 Å². The predicted molar refractivity (Wildman–Crippen MR) is 122 cm³/mol. The van der Waals surface area contributed by atoms with E-state index in [4.69, 9.17) is 4.74 Å². The topological polar surface area (TPSA) is 43.5 Å². The summed E-state index contributed by atoms with van der Waals surface area (Å²) in [5.74, 6) is 0.904.